The van der Waals surface area contributed by atoms with Crippen LogP contribution in [0.4, 0.5) is 0 Å². The normalized spacial score (nSPS) is 11.9. The average molecular weight is 265 g/mol. The van der Waals surface area contributed by atoms with Gasteiger partial charge in [0.15, 0.2) is 0 Å². The second kappa shape index (κ2) is 4.76. The summed E-state index contributed by atoms with van der Waals surface area (Å²) >= 11 is 0. The van der Waals surface area contributed by atoms with Gasteiger partial charge < -0.3 is 10.3 Å². The molecule has 20 heavy (non-hydrogen) atoms. The molecule has 0 amide bonds. The van der Waals surface area contributed by atoms with Gasteiger partial charge in [0.05, 0.1) is 17.4 Å². The minimum Gasteiger partial charge on any atom is -0.340 e. The first-order valence-corrected chi connectivity index (χ1v) is 6.84. The van der Waals surface area contributed by atoms with Gasteiger partial charge in [-0.15, -0.1) is 0 Å². The molecule has 1 aromatic heterocycles. The lowest BCUT2D eigenvalue weighted by Crippen LogP contribution is -2.34. The summed E-state index contributed by atoms with van der Waals surface area (Å²) in [5.41, 5.74) is 2.08. The number of nitrogens with zero attached hydrogens (tertiary/aromatic N) is 1. The van der Waals surface area contributed by atoms with Crippen molar-refractivity contribution in [2.75, 3.05) is 7.05 Å². The fourth-order valence-electron chi connectivity index (χ4n) is 2.35. The Kier molecular flexibility index (Phi) is 3.07. The van der Waals surface area contributed by atoms with Crippen LogP contribution in [0, 0.1) is 0 Å². The minimum atomic E-state index is -0.164. The standard InChI is InChI=1S/C17H19N3/c1-17(2,18-3)16-19-11-15(20-16)14-10-6-8-12-7-4-5-9-13(12)14/h4-11,18H,1-3H3,(H,19,20). The van der Waals surface area contributed by atoms with Crippen molar-refractivity contribution in [1.82, 2.24) is 15.3 Å². The molecule has 0 saturated carbocycles. The van der Waals surface area contributed by atoms with Gasteiger partial charge in [-0.05, 0) is 31.7 Å². The summed E-state index contributed by atoms with van der Waals surface area (Å²) in [6.45, 7) is 4.22. The quantitative estimate of drug-likeness (QED) is 0.758. The van der Waals surface area contributed by atoms with E-state index in [2.05, 4.69) is 71.6 Å². The highest BCUT2D eigenvalue weighted by Crippen LogP contribution is 2.28. The summed E-state index contributed by atoms with van der Waals surface area (Å²) in [4.78, 5) is 7.96. The lowest BCUT2D eigenvalue weighted by molar-refractivity contribution is 0.421. The predicted octanol–water partition coefficient (Wildman–Crippen LogP) is 3.68. The van der Waals surface area contributed by atoms with Crippen LogP contribution in [0.3, 0.4) is 0 Å². The van der Waals surface area contributed by atoms with Crippen molar-refractivity contribution in [1.29, 1.82) is 0 Å². The third-order valence-electron chi connectivity index (χ3n) is 3.87. The number of hydrogen-bond acceptors (Lipinski definition) is 2. The van der Waals surface area contributed by atoms with E-state index in [-0.39, 0.29) is 5.54 Å². The van der Waals surface area contributed by atoms with Gasteiger partial charge in [0.2, 0.25) is 0 Å². The van der Waals surface area contributed by atoms with E-state index < -0.39 is 0 Å². The molecule has 3 rings (SSSR count). The molecule has 0 saturated heterocycles. The van der Waals surface area contributed by atoms with Crippen LogP contribution in [-0.2, 0) is 5.54 Å². The van der Waals surface area contributed by atoms with E-state index in [0.29, 0.717) is 0 Å². The number of fused-ring (bicyclic) bond motifs is 1. The fraction of sp³-hybridized carbons (Fsp3) is 0.235. The molecule has 0 spiro atoms. The van der Waals surface area contributed by atoms with Crippen LogP contribution < -0.4 is 5.32 Å². The zero-order valence-electron chi connectivity index (χ0n) is 12.1. The monoisotopic (exact) mass is 265 g/mol. The first-order valence-electron chi connectivity index (χ1n) is 6.84. The van der Waals surface area contributed by atoms with E-state index in [0.717, 1.165) is 11.5 Å². The Morgan fingerprint density at radius 3 is 2.60 bits per heavy atom. The van der Waals surface area contributed by atoms with Crippen LogP contribution in [-0.4, -0.2) is 17.0 Å². The lowest BCUT2D eigenvalue weighted by atomic mass is 10.0. The Morgan fingerprint density at radius 1 is 1.05 bits per heavy atom. The summed E-state index contributed by atoms with van der Waals surface area (Å²) < 4.78 is 0. The summed E-state index contributed by atoms with van der Waals surface area (Å²) in [5.74, 6) is 0.947. The minimum absolute atomic E-state index is 0.164. The number of hydrogen-bond donors (Lipinski definition) is 2. The summed E-state index contributed by atoms with van der Waals surface area (Å²) in [6, 6.07) is 14.8. The smallest absolute Gasteiger partial charge is 0.126 e. The van der Waals surface area contributed by atoms with Crippen molar-refractivity contribution in [3.05, 3.63) is 54.5 Å². The van der Waals surface area contributed by atoms with Crippen LogP contribution in [0.1, 0.15) is 19.7 Å². The molecule has 3 aromatic rings. The number of benzene rings is 2. The Balaban J connectivity index is 2.13. The topological polar surface area (TPSA) is 40.7 Å². The van der Waals surface area contributed by atoms with Crippen LogP contribution >= 0.6 is 0 Å². The Labute approximate surface area is 119 Å². The maximum atomic E-state index is 4.52. The Bertz CT molecular complexity index is 735. The molecule has 0 aliphatic rings. The fourth-order valence-corrected chi connectivity index (χ4v) is 2.35. The maximum Gasteiger partial charge on any atom is 0.126 e. The zero-order valence-corrected chi connectivity index (χ0v) is 12.1. The Hall–Kier alpha value is -2.13. The second-order valence-electron chi connectivity index (χ2n) is 5.55. The summed E-state index contributed by atoms with van der Waals surface area (Å²) in [6.07, 6.45) is 1.91. The molecule has 0 radical (unpaired) electrons. The lowest BCUT2D eigenvalue weighted by Gasteiger charge is -2.20. The largest absolute Gasteiger partial charge is 0.340 e. The number of imidazole rings is 1. The molecule has 2 aromatic carbocycles. The maximum absolute atomic E-state index is 4.52. The zero-order chi connectivity index (χ0) is 14.2. The molecule has 3 heteroatoms. The highest BCUT2D eigenvalue weighted by Gasteiger charge is 2.21. The van der Waals surface area contributed by atoms with Crippen molar-refractivity contribution in [2.45, 2.75) is 19.4 Å². The van der Waals surface area contributed by atoms with Crippen LogP contribution in [0.25, 0.3) is 22.0 Å². The van der Waals surface area contributed by atoms with Crippen molar-refractivity contribution in [3.8, 4) is 11.3 Å². The van der Waals surface area contributed by atoms with Crippen molar-refractivity contribution in [3.63, 3.8) is 0 Å². The van der Waals surface area contributed by atoms with E-state index in [4.69, 9.17) is 0 Å². The SMILES string of the molecule is CNC(C)(C)c1ncc(-c2cccc3ccccc23)[nH]1. The van der Waals surface area contributed by atoms with E-state index in [1.807, 2.05) is 13.2 Å². The predicted molar refractivity (Wildman–Crippen MR) is 83.6 cm³/mol. The highest BCUT2D eigenvalue weighted by atomic mass is 15.0. The molecule has 3 nitrogen and oxygen atoms in total. The summed E-state index contributed by atoms with van der Waals surface area (Å²) in [7, 11) is 1.94. The number of aromatic amines is 1. The van der Waals surface area contributed by atoms with Gasteiger partial charge in [0.1, 0.15) is 5.82 Å². The van der Waals surface area contributed by atoms with Crippen molar-refractivity contribution >= 4 is 10.8 Å². The molecule has 0 aliphatic carbocycles. The van der Waals surface area contributed by atoms with Crippen LogP contribution in [0.2, 0.25) is 0 Å². The third-order valence-corrected chi connectivity index (χ3v) is 3.87. The van der Waals surface area contributed by atoms with Gasteiger partial charge in [0.25, 0.3) is 0 Å². The van der Waals surface area contributed by atoms with E-state index in [1.54, 1.807) is 0 Å². The van der Waals surface area contributed by atoms with E-state index >= 15 is 0 Å². The number of nitrogens with one attached hydrogen (secondary N) is 2. The number of rotatable bonds is 3. The molecule has 0 atom stereocenters. The Morgan fingerprint density at radius 2 is 1.80 bits per heavy atom. The molecule has 2 N–H and O–H groups in total. The summed E-state index contributed by atoms with van der Waals surface area (Å²) in [5, 5.41) is 5.75. The van der Waals surface area contributed by atoms with Gasteiger partial charge in [0, 0.05) is 5.56 Å². The number of aromatic nitrogens is 2. The van der Waals surface area contributed by atoms with Crippen molar-refractivity contribution < 1.29 is 0 Å². The molecular weight excluding hydrogens is 246 g/mol. The van der Waals surface area contributed by atoms with Crippen LogP contribution in [0.5, 0.6) is 0 Å². The molecule has 0 fully saturated rings. The molecule has 0 aliphatic heterocycles. The van der Waals surface area contributed by atoms with E-state index in [1.165, 1.54) is 16.3 Å². The molecule has 0 bridgehead atoms. The van der Waals surface area contributed by atoms with Gasteiger partial charge in [-0.2, -0.15) is 0 Å². The van der Waals surface area contributed by atoms with Gasteiger partial charge in [-0.25, -0.2) is 4.98 Å². The molecule has 0 unspecified atom stereocenters. The molecule has 1 heterocycles. The van der Waals surface area contributed by atoms with Gasteiger partial charge in [-0.1, -0.05) is 42.5 Å². The first kappa shape index (κ1) is 12.9. The molecular formula is C17H19N3. The highest BCUT2D eigenvalue weighted by molar-refractivity contribution is 5.95. The van der Waals surface area contributed by atoms with Gasteiger partial charge in [-0.3, -0.25) is 0 Å². The van der Waals surface area contributed by atoms with Gasteiger partial charge >= 0.3 is 0 Å². The van der Waals surface area contributed by atoms with E-state index in [9.17, 15) is 0 Å². The third kappa shape index (κ3) is 2.10. The molecule has 102 valence electrons. The average Bonchev–Trinajstić information content (AvgIpc) is 2.97. The van der Waals surface area contributed by atoms with Crippen molar-refractivity contribution in [2.24, 2.45) is 0 Å². The number of H-pyrrole nitrogens is 1. The second-order valence-corrected chi connectivity index (χ2v) is 5.55. The first-order chi connectivity index (χ1) is 9.62. The van der Waals surface area contributed by atoms with Crippen LogP contribution in [0.15, 0.2) is 48.7 Å².